The Balaban J connectivity index is 1.85. The first-order valence-corrected chi connectivity index (χ1v) is 10.3. The van der Waals surface area contributed by atoms with Gasteiger partial charge in [0.2, 0.25) is 0 Å². The lowest BCUT2D eigenvalue weighted by Gasteiger charge is -2.11. The summed E-state index contributed by atoms with van der Waals surface area (Å²) in [7, 11) is 0. The number of rotatable bonds is 8. The summed E-state index contributed by atoms with van der Waals surface area (Å²) in [4.78, 5) is 24.6. The number of benzene rings is 2. The highest BCUT2D eigenvalue weighted by molar-refractivity contribution is 5.94. The summed E-state index contributed by atoms with van der Waals surface area (Å²) in [5.41, 5.74) is 0.346. The number of aromatic nitrogens is 3. The van der Waals surface area contributed by atoms with Gasteiger partial charge in [0, 0.05) is 11.6 Å². The van der Waals surface area contributed by atoms with E-state index in [0.717, 1.165) is 6.07 Å². The van der Waals surface area contributed by atoms with Crippen molar-refractivity contribution in [2.24, 2.45) is 0 Å². The first-order valence-electron chi connectivity index (χ1n) is 10.3. The number of aliphatic hydroxyl groups excluding tert-OH is 1. The summed E-state index contributed by atoms with van der Waals surface area (Å²) in [5, 5.41) is 20.8. The third kappa shape index (κ3) is 7.28. The van der Waals surface area contributed by atoms with Gasteiger partial charge < -0.3 is 20.5 Å². The maximum absolute atomic E-state index is 13.5. The number of halogens is 4. The van der Waals surface area contributed by atoms with Crippen LogP contribution in [0.1, 0.15) is 26.5 Å². The van der Waals surface area contributed by atoms with Gasteiger partial charge in [-0.3, -0.25) is 9.59 Å². The molecule has 0 aliphatic carbocycles. The fourth-order valence-electron chi connectivity index (χ4n) is 2.89. The third-order valence-electron chi connectivity index (χ3n) is 4.51. The largest absolute Gasteiger partial charge is 0.487 e. The lowest BCUT2D eigenvalue weighted by atomic mass is 10.2. The van der Waals surface area contributed by atoms with E-state index in [0.29, 0.717) is 5.69 Å². The average Bonchev–Trinajstić information content (AvgIpc) is 3.27. The topological polar surface area (TPSA) is 118 Å². The molecule has 0 unspecified atom stereocenters. The fraction of sp³-hybridized carbons (Fsp3) is 0.217. The quantitative estimate of drug-likeness (QED) is 0.319. The van der Waals surface area contributed by atoms with Gasteiger partial charge in [-0.25, -0.2) is 9.07 Å². The molecule has 3 rings (SSSR count). The Morgan fingerprint density at radius 2 is 1.81 bits per heavy atom. The molecule has 0 atom stereocenters. The van der Waals surface area contributed by atoms with E-state index in [2.05, 4.69) is 27.5 Å². The Bertz CT molecular complexity index is 1280. The van der Waals surface area contributed by atoms with Gasteiger partial charge in [-0.2, -0.15) is 13.2 Å². The SMILES string of the molecule is O=C(NCC(F)(F)F)c1ccc(-n2nnc(C(=O)NCC#CCO)c2COc2cccc(F)c2)cc1. The summed E-state index contributed by atoms with van der Waals surface area (Å²) in [6.07, 6.45) is -4.55. The smallest absolute Gasteiger partial charge is 0.405 e. The van der Waals surface area contributed by atoms with Gasteiger partial charge in [0.05, 0.1) is 12.2 Å². The number of amides is 2. The minimum Gasteiger partial charge on any atom is -0.487 e. The van der Waals surface area contributed by atoms with Crippen molar-refractivity contribution in [1.29, 1.82) is 0 Å². The van der Waals surface area contributed by atoms with Crippen LogP contribution in [0.15, 0.2) is 48.5 Å². The van der Waals surface area contributed by atoms with Crippen LogP contribution in [0, 0.1) is 17.7 Å². The van der Waals surface area contributed by atoms with Gasteiger partial charge in [-0.15, -0.1) is 5.10 Å². The first-order chi connectivity index (χ1) is 17.2. The molecule has 3 aromatic rings. The second-order valence-electron chi connectivity index (χ2n) is 7.08. The van der Waals surface area contributed by atoms with Gasteiger partial charge >= 0.3 is 6.18 Å². The van der Waals surface area contributed by atoms with Gasteiger partial charge in [-0.1, -0.05) is 23.1 Å². The van der Waals surface area contributed by atoms with E-state index in [4.69, 9.17) is 9.84 Å². The van der Waals surface area contributed by atoms with Crippen molar-refractivity contribution in [2.75, 3.05) is 19.7 Å². The molecule has 2 amide bonds. The fourth-order valence-corrected chi connectivity index (χ4v) is 2.89. The van der Waals surface area contributed by atoms with Gasteiger partial charge in [0.1, 0.15) is 37.0 Å². The molecule has 188 valence electrons. The lowest BCUT2D eigenvalue weighted by Crippen LogP contribution is -2.33. The van der Waals surface area contributed by atoms with Gasteiger partial charge in [0.25, 0.3) is 11.8 Å². The Morgan fingerprint density at radius 1 is 1.06 bits per heavy atom. The zero-order valence-electron chi connectivity index (χ0n) is 18.5. The molecular formula is C23H19F4N5O4. The lowest BCUT2D eigenvalue weighted by molar-refractivity contribution is -0.123. The Hall–Kier alpha value is -4.44. The van der Waals surface area contributed by atoms with Crippen LogP contribution in [0.4, 0.5) is 17.6 Å². The first kappa shape index (κ1) is 26.2. The third-order valence-corrected chi connectivity index (χ3v) is 4.51. The predicted octanol–water partition coefficient (Wildman–Crippen LogP) is 2.00. The molecule has 13 heteroatoms. The minimum atomic E-state index is -4.55. The molecule has 0 spiro atoms. The summed E-state index contributed by atoms with van der Waals surface area (Å²) in [6, 6.07) is 10.7. The number of alkyl halides is 3. The number of nitrogens with one attached hydrogen (secondary N) is 2. The highest BCUT2D eigenvalue weighted by Gasteiger charge is 2.28. The van der Waals surface area contributed by atoms with Gasteiger partial charge in [0.15, 0.2) is 5.69 Å². The Labute approximate surface area is 202 Å². The summed E-state index contributed by atoms with van der Waals surface area (Å²) in [6.45, 7) is -2.17. The normalized spacial score (nSPS) is 10.8. The van der Waals surface area contributed by atoms with E-state index in [1.807, 2.05) is 0 Å². The van der Waals surface area contributed by atoms with Crippen molar-refractivity contribution in [3.05, 3.63) is 71.3 Å². The van der Waals surface area contributed by atoms with Crippen LogP contribution in [0.25, 0.3) is 5.69 Å². The van der Waals surface area contributed by atoms with Crippen molar-refractivity contribution >= 4 is 11.8 Å². The van der Waals surface area contributed by atoms with E-state index in [1.54, 1.807) is 5.32 Å². The summed E-state index contributed by atoms with van der Waals surface area (Å²) in [5.74, 6) is 2.99. The molecule has 36 heavy (non-hydrogen) atoms. The second-order valence-corrected chi connectivity index (χ2v) is 7.08. The highest BCUT2D eigenvalue weighted by atomic mass is 19.4. The zero-order valence-corrected chi connectivity index (χ0v) is 18.5. The van der Waals surface area contributed by atoms with Gasteiger partial charge in [-0.05, 0) is 36.4 Å². The molecule has 0 bridgehead atoms. The van der Waals surface area contributed by atoms with E-state index in [-0.39, 0.29) is 42.5 Å². The molecule has 0 saturated carbocycles. The molecular weight excluding hydrogens is 486 g/mol. The monoisotopic (exact) mass is 505 g/mol. The number of hydrogen-bond donors (Lipinski definition) is 3. The average molecular weight is 505 g/mol. The van der Waals surface area contributed by atoms with Crippen molar-refractivity contribution in [3.8, 4) is 23.3 Å². The Morgan fingerprint density at radius 3 is 2.47 bits per heavy atom. The van der Waals surface area contributed by atoms with E-state index < -0.39 is 30.4 Å². The summed E-state index contributed by atoms with van der Waals surface area (Å²) >= 11 is 0. The number of nitrogens with zero attached hydrogens (tertiary/aromatic N) is 3. The second kappa shape index (κ2) is 11.8. The van der Waals surface area contributed by atoms with Crippen molar-refractivity contribution in [1.82, 2.24) is 25.6 Å². The molecule has 2 aromatic carbocycles. The number of ether oxygens (including phenoxy) is 1. The van der Waals surface area contributed by atoms with E-state index >= 15 is 0 Å². The standard InChI is InChI=1S/C23H19F4N5O4/c24-16-4-3-5-18(12-16)36-13-19-20(22(35)28-10-1-2-11-33)30-31-32(19)17-8-6-15(7-9-17)21(34)29-14-23(25,26)27/h3-9,12,33H,10-11,13-14H2,(H,28,35)(H,29,34). The zero-order chi connectivity index (χ0) is 26.1. The number of hydrogen-bond acceptors (Lipinski definition) is 6. The van der Waals surface area contributed by atoms with Crippen LogP contribution < -0.4 is 15.4 Å². The van der Waals surface area contributed by atoms with Crippen LogP contribution in [0.3, 0.4) is 0 Å². The summed E-state index contributed by atoms with van der Waals surface area (Å²) < 4.78 is 57.4. The van der Waals surface area contributed by atoms with Crippen LogP contribution in [-0.2, 0) is 6.61 Å². The highest BCUT2D eigenvalue weighted by Crippen LogP contribution is 2.19. The molecule has 0 aliphatic rings. The molecule has 1 heterocycles. The molecule has 0 fully saturated rings. The molecule has 3 N–H and O–H groups in total. The van der Waals surface area contributed by atoms with E-state index in [9.17, 15) is 27.2 Å². The number of carbonyl (C=O) groups is 2. The van der Waals surface area contributed by atoms with Crippen LogP contribution in [-0.4, -0.2) is 57.8 Å². The van der Waals surface area contributed by atoms with E-state index in [1.165, 1.54) is 47.1 Å². The van der Waals surface area contributed by atoms with Crippen LogP contribution >= 0.6 is 0 Å². The predicted molar refractivity (Wildman–Crippen MR) is 118 cm³/mol. The molecule has 1 aromatic heterocycles. The number of carbonyl (C=O) groups excluding carboxylic acids is 2. The maximum atomic E-state index is 13.5. The number of aliphatic hydroxyl groups is 1. The van der Waals surface area contributed by atoms with Crippen molar-refractivity contribution in [2.45, 2.75) is 12.8 Å². The minimum absolute atomic E-state index is 0.0268. The molecule has 0 radical (unpaired) electrons. The van der Waals surface area contributed by atoms with Crippen LogP contribution in [0.5, 0.6) is 5.75 Å². The molecule has 0 aliphatic heterocycles. The molecule has 9 nitrogen and oxygen atoms in total. The van der Waals surface area contributed by atoms with Crippen molar-refractivity contribution in [3.63, 3.8) is 0 Å². The van der Waals surface area contributed by atoms with Crippen LogP contribution in [0.2, 0.25) is 0 Å². The maximum Gasteiger partial charge on any atom is 0.405 e. The Kier molecular flexibility index (Phi) is 8.58. The van der Waals surface area contributed by atoms with Crippen molar-refractivity contribution < 1.29 is 37.0 Å². The molecule has 0 saturated heterocycles.